The third-order valence-corrected chi connectivity index (χ3v) is 2.30. The zero-order valence-corrected chi connectivity index (χ0v) is 5.94. The normalized spacial score (nSPS) is 10.9. The molecule has 0 N–H and O–H groups in total. The predicted molar refractivity (Wildman–Crippen MR) is 37.9 cm³/mol. The number of thiazole rings is 1. The molecule has 2 rings (SSSR count). The minimum absolute atomic E-state index is 0.420. The Bertz CT molecular complexity index is 338. The first kappa shape index (κ1) is 5.85. The molecule has 0 aliphatic carbocycles. The van der Waals surface area contributed by atoms with E-state index in [2.05, 4.69) is 4.98 Å². The monoisotopic (exact) mass is 156 g/mol. The third kappa shape index (κ3) is 0.654. The van der Waals surface area contributed by atoms with Crippen LogP contribution in [-0.2, 0) is 6.67 Å². The highest BCUT2D eigenvalue weighted by atomic mass is 32.1. The Balaban J connectivity index is 2.76. The number of alkyl halides is 1. The standard InChI is InChI=1S/C6H5FN2S/c7-1-5-3-10-6-2-8-4-9(5)6/h2-4H,1H2. The maximum atomic E-state index is 12.1. The van der Waals surface area contributed by atoms with Gasteiger partial charge in [0.1, 0.15) is 17.8 Å². The van der Waals surface area contributed by atoms with Crippen LogP contribution in [-0.4, -0.2) is 9.38 Å². The second-order valence-corrected chi connectivity index (χ2v) is 2.85. The number of nitrogens with zero attached hydrogens (tertiary/aromatic N) is 2. The zero-order valence-electron chi connectivity index (χ0n) is 5.12. The van der Waals surface area contributed by atoms with Gasteiger partial charge in [0.2, 0.25) is 0 Å². The highest BCUT2D eigenvalue weighted by Gasteiger charge is 2.00. The summed E-state index contributed by atoms with van der Waals surface area (Å²) in [5.74, 6) is 0. The smallest absolute Gasteiger partial charge is 0.131 e. The van der Waals surface area contributed by atoms with Gasteiger partial charge < -0.3 is 0 Å². The summed E-state index contributed by atoms with van der Waals surface area (Å²) in [7, 11) is 0. The molecule has 0 radical (unpaired) electrons. The van der Waals surface area contributed by atoms with Crippen molar-refractivity contribution in [3.63, 3.8) is 0 Å². The van der Waals surface area contributed by atoms with Gasteiger partial charge in [-0.15, -0.1) is 11.3 Å². The number of imidazole rings is 1. The van der Waals surface area contributed by atoms with Crippen LogP contribution in [0.5, 0.6) is 0 Å². The second-order valence-electron chi connectivity index (χ2n) is 1.96. The Labute approximate surface area is 60.9 Å². The Hall–Kier alpha value is -0.900. The van der Waals surface area contributed by atoms with Gasteiger partial charge in [-0.2, -0.15) is 0 Å². The van der Waals surface area contributed by atoms with Gasteiger partial charge in [0.05, 0.1) is 11.9 Å². The molecule has 2 aromatic rings. The van der Waals surface area contributed by atoms with Crippen molar-refractivity contribution in [3.8, 4) is 0 Å². The van der Waals surface area contributed by atoms with Crippen molar-refractivity contribution in [1.29, 1.82) is 0 Å². The summed E-state index contributed by atoms with van der Waals surface area (Å²) in [5.41, 5.74) is 0.678. The van der Waals surface area contributed by atoms with Gasteiger partial charge in [0, 0.05) is 5.38 Å². The first-order valence-corrected chi connectivity index (χ1v) is 3.74. The molecule has 0 aliphatic heterocycles. The summed E-state index contributed by atoms with van der Waals surface area (Å²) in [5, 5.41) is 1.80. The Morgan fingerprint density at radius 2 is 2.60 bits per heavy atom. The number of aromatic nitrogens is 2. The molecule has 10 heavy (non-hydrogen) atoms. The molecule has 52 valence electrons. The van der Waals surface area contributed by atoms with Crippen LogP contribution in [0.15, 0.2) is 17.9 Å². The molecule has 0 bridgehead atoms. The molecule has 0 saturated carbocycles. The van der Waals surface area contributed by atoms with E-state index in [-0.39, 0.29) is 0 Å². The van der Waals surface area contributed by atoms with Crippen LogP contribution >= 0.6 is 11.3 Å². The van der Waals surface area contributed by atoms with Crippen LogP contribution in [0.2, 0.25) is 0 Å². The maximum Gasteiger partial charge on any atom is 0.131 e. The molecule has 0 amide bonds. The predicted octanol–water partition coefficient (Wildman–Crippen LogP) is 1.87. The molecule has 0 atom stereocenters. The van der Waals surface area contributed by atoms with Gasteiger partial charge in [-0.3, -0.25) is 4.40 Å². The van der Waals surface area contributed by atoms with Crippen molar-refractivity contribution in [3.05, 3.63) is 23.6 Å². The molecule has 0 unspecified atom stereocenters. The average Bonchev–Trinajstić information content (AvgIpc) is 2.44. The third-order valence-electron chi connectivity index (χ3n) is 1.37. The number of hydrogen-bond donors (Lipinski definition) is 0. The van der Waals surface area contributed by atoms with Gasteiger partial charge in [0.25, 0.3) is 0 Å². The average molecular weight is 156 g/mol. The number of fused-ring (bicyclic) bond motifs is 1. The van der Waals surface area contributed by atoms with Crippen LogP contribution in [0.3, 0.4) is 0 Å². The second kappa shape index (κ2) is 2.05. The summed E-state index contributed by atoms with van der Waals surface area (Å²) < 4.78 is 13.9. The van der Waals surface area contributed by atoms with Crippen molar-refractivity contribution in [1.82, 2.24) is 9.38 Å². The highest BCUT2D eigenvalue weighted by Crippen LogP contribution is 2.15. The van der Waals surface area contributed by atoms with Gasteiger partial charge in [0.15, 0.2) is 0 Å². The molecule has 2 heterocycles. The van der Waals surface area contributed by atoms with Crippen LogP contribution in [0.25, 0.3) is 4.83 Å². The molecular formula is C6H5FN2S. The summed E-state index contributed by atoms with van der Waals surface area (Å²) in [6.07, 6.45) is 3.35. The molecule has 0 fully saturated rings. The van der Waals surface area contributed by atoms with E-state index in [1.807, 2.05) is 0 Å². The van der Waals surface area contributed by atoms with Crippen molar-refractivity contribution in [2.24, 2.45) is 0 Å². The fourth-order valence-corrected chi connectivity index (χ4v) is 1.70. The molecule has 0 aliphatic rings. The van der Waals surface area contributed by atoms with E-state index in [1.165, 1.54) is 11.3 Å². The van der Waals surface area contributed by atoms with Gasteiger partial charge >= 0.3 is 0 Å². The minimum atomic E-state index is -0.420. The first-order valence-electron chi connectivity index (χ1n) is 2.86. The Morgan fingerprint density at radius 1 is 1.70 bits per heavy atom. The highest BCUT2D eigenvalue weighted by molar-refractivity contribution is 7.15. The quantitative estimate of drug-likeness (QED) is 0.616. The fourth-order valence-electron chi connectivity index (χ4n) is 0.867. The van der Waals surface area contributed by atoms with Crippen LogP contribution < -0.4 is 0 Å². The van der Waals surface area contributed by atoms with Crippen molar-refractivity contribution >= 4 is 16.2 Å². The van der Waals surface area contributed by atoms with E-state index in [0.29, 0.717) is 5.69 Å². The first-order chi connectivity index (χ1) is 4.92. The lowest BCUT2D eigenvalue weighted by Gasteiger charge is -1.86. The molecule has 0 spiro atoms. The SMILES string of the molecule is FCc1csc2cncn12. The lowest BCUT2D eigenvalue weighted by Crippen LogP contribution is -1.83. The van der Waals surface area contributed by atoms with E-state index < -0.39 is 6.67 Å². The van der Waals surface area contributed by atoms with Crippen LogP contribution in [0.4, 0.5) is 4.39 Å². The van der Waals surface area contributed by atoms with Gasteiger partial charge in [-0.1, -0.05) is 0 Å². The molecule has 2 nitrogen and oxygen atoms in total. The van der Waals surface area contributed by atoms with E-state index in [0.717, 1.165) is 4.83 Å². The zero-order chi connectivity index (χ0) is 6.97. The summed E-state index contributed by atoms with van der Waals surface area (Å²) >= 11 is 1.51. The van der Waals surface area contributed by atoms with Gasteiger partial charge in [-0.05, 0) is 0 Å². The molecule has 0 saturated heterocycles. The molecule has 0 aromatic carbocycles. The van der Waals surface area contributed by atoms with Crippen LogP contribution in [0, 0.1) is 0 Å². The van der Waals surface area contributed by atoms with Gasteiger partial charge in [-0.25, -0.2) is 9.37 Å². The lowest BCUT2D eigenvalue weighted by atomic mass is 10.5. The minimum Gasteiger partial charge on any atom is -0.291 e. The molecular weight excluding hydrogens is 151 g/mol. The van der Waals surface area contributed by atoms with E-state index in [4.69, 9.17) is 0 Å². The van der Waals surface area contributed by atoms with E-state index in [9.17, 15) is 4.39 Å². The molecule has 4 heteroatoms. The van der Waals surface area contributed by atoms with E-state index >= 15 is 0 Å². The van der Waals surface area contributed by atoms with Crippen molar-refractivity contribution in [2.75, 3.05) is 0 Å². The summed E-state index contributed by atoms with van der Waals surface area (Å²) in [6.45, 7) is -0.420. The Morgan fingerprint density at radius 3 is 3.40 bits per heavy atom. The number of halogens is 1. The van der Waals surface area contributed by atoms with Crippen molar-refractivity contribution in [2.45, 2.75) is 6.67 Å². The molecule has 2 aromatic heterocycles. The van der Waals surface area contributed by atoms with E-state index in [1.54, 1.807) is 22.3 Å². The lowest BCUT2D eigenvalue weighted by molar-refractivity contribution is 0.474. The maximum absolute atomic E-state index is 12.1. The number of hydrogen-bond acceptors (Lipinski definition) is 2. The fraction of sp³-hybridized carbons (Fsp3) is 0.167. The largest absolute Gasteiger partial charge is 0.291 e. The topological polar surface area (TPSA) is 17.3 Å². The number of rotatable bonds is 1. The summed E-state index contributed by atoms with van der Waals surface area (Å²) in [6, 6.07) is 0. The Kier molecular flexibility index (Phi) is 1.20. The summed E-state index contributed by atoms with van der Waals surface area (Å²) in [4.78, 5) is 4.87. The van der Waals surface area contributed by atoms with Crippen LogP contribution in [0.1, 0.15) is 5.69 Å². The van der Waals surface area contributed by atoms with Crippen molar-refractivity contribution < 1.29 is 4.39 Å².